The summed E-state index contributed by atoms with van der Waals surface area (Å²) in [6.45, 7) is -0.773. The normalized spacial score (nSPS) is 20.7. The Balaban J connectivity index is 1.03. The first-order valence-corrected chi connectivity index (χ1v) is 26.9. The summed E-state index contributed by atoms with van der Waals surface area (Å²) in [6.07, 6.45) is -4.18. The minimum atomic E-state index is -4.78. The highest BCUT2D eigenvalue weighted by molar-refractivity contribution is 8.76. The Morgan fingerprint density at radius 3 is 2.22 bits per heavy atom. The molecule has 74 heavy (non-hydrogen) atoms. The molecule has 7 aromatic rings. The summed E-state index contributed by atoms with van der Waals surface area (Å²) in [6, 6.07) is 33.3. The standard InChI is InChI=1S/C50H49N6O15PS2/c1-62-37-16-11-33(12-17-37)50(32-8-5-4-6-9-32,34-13-18-38(63-2)19-14-34)66-28-41-45(46(64-3)47(68-41)55-22-20-44(58)52-49(55)60)71-72(61,67-23-7-21-51)70-43-30-74-73-29-42(43)65-27-35-26-56(54-53-35)39-24-31-10-15-36(57)25-40(31)69-48(39)59/h4-6,8-20,22,24-26,41-43,45-47,57H,7,23,27-30H2,1-3H3,(H,52,58,60)/t41-,42-,43-,45-,46-,47-,72?/m1/s1. The van der Waals surface area contributed by atoms with Gasteiger partial charge < -0.3 is 37.9 Å². The molecule has 3 aromatic heterocycles. The molecule has 2 aliphatic heterocycles. The van der Waals surface area contributed by atoms with Crippen LogP contribution in [-0.4, -0.2) is 106 Å². The van der Waals surface area contributed by atoms with E-state index in [0.29, 0.717) is 39.5 Å². The van der Waals surface area contributed by atoms with Crippen LogP contribution in [0.5, 0.6) is 17.2 Å². The van der Waals surface area contributed by atoms with Gasteiger partial charge in [-0.25, -0.2) is 18.8 Å². The van der Waals surface area contributed by atoms with Crippen LogP contribution in [0.15, 0.2) is 140 Å². The van der Waals surface area contributed by atoms with Crippen molar-refractivity contribution < 1.29 is 56.1 Å². The molecule has 2 fully saturated rings. The van der Waals surface area contributed by atoms with Crippen LogP contribution in [0.4, 0.5) is 0 Å². The van der Waals surface area contributed by atoms with Gasteiger partial charge in [0.25, 0.3) is 5.56 Å². The zero-order valence-corrected chi connectivity index (χ0v) is 42.4. The van der Waals surface area contributed by atoms with Gasteiger partial charge in [-0.05, 0) is 59.2 Å². The summed E-state index contributed by atoms with van der Waals surface area (Å²) in [5, 5.41) is 28.2. The Morgan fingerprint density at radius 2 is 1.55 bits per heavy atom. The molecule has 2 N–H and O–H groups in total. The van der Waals surface area contributed by atoms with Crippen molar-refractivity contribution in [3.8, 4) is 29.0 Å². The number of methoxy groups -OCH3 is 3. The quantitative estimate of drug-likeness (QED) is 0.0251. The molecule has 1 unspecified atom stereocenters. The average molecular weight is 1070 g/mol. The first-order valence-electron chi connectivity index (χ1n) is 22.9. The summed E-state index contributed by atoms with van der Waals surface area (Å²) in [7, 11) is 2.65. The summed E-state index contributed by atoms with van der Waals surface area (Å²) in [4.78, 5) is 40.9. The summed E-state index contributed by atoms with van der Waals surface area (Å²) < 4.78 is 79.3. The SMILES string of the molecule is COc1ccc(C(OC[C@H]2O[C@@H](n3ccc(=O)[nH]c3=O)[C@H](OC)[C@@H]2OP(=O)(OCCC#N)O[C@@H]2CSSC[C@H]2OCc2cn(-c3cc4ccc(O)cc4oc3=O)nn2)(c2ccccc2)c2ccc(OC)cc2)cc1. The minimum Gasteiger partial charge on any atom is -0.508 e. The number of ether oxygens (including phenoxy) is 6. The molecule has 0 radical (unpaired) electrons. The molecule has 2 aliphatic rings. The number of aromatic nitrogens is 5. The van der Waals surface area contributed by atoms with Crippen molar-refractivity contribution in [1.82, 2.24) is 24.5 Å². The van der Waals surface area contributed by atoms with E-state index in [-0.39, 0.29) is 49.0 Å². The zero-order chi connectivity index (χ0) is 51.8. The van der Waals surface area contributed by atoms with Gasteiger partial charge in [0.2, 0.25) is 0 Å². The average Bonchev–Trinajstić information content (AvgIpc) is 4.03. The van der Waals surface area contributed by atoms with Crippen LogP contribution >= 0.6 is 29.4 Å². The summed E-state index contributed by atoms with van der Waals surface area (Å²) in [5.74, 6) is 1.77. The van der Waals surface area contributed by atoms with Gasteiger partial charge in [-0.15, -0.1) is 5.10 Å². The highest BCUT2D eigenvalue weighted by atomic mass is 33.1. The van der Waals surface area contributed by atoms with Gasteiger partial charge in [0.15, 0.2) is 11.9 Å². The van der Waals surface area contributed by atoms with Crippen LogP contribution in [0.2, 0.25) is 0 Å². The summed E-state index contributed by atoms with van der Waals surface area (Å²) in [5.41, 5.74) is -0.813. The molecule has 0 amide bonds. The molecule has 0 bridgehead atoms. The van der Waals surface area contributed by atoms with E-state index in [1.54, 1.807) is 26.4 Å². The monoisotopic (exact) mass is 1070 g/mol. The van der Waals surface area contributed by atoms with E-state index in [4.69, 9.17) is 46.4 Å². The maximum Gasteiger partial charge on any atom is 0.475 e. The molecule has 0 spiro atoms. The highest BCUT2D eigenvalue weighted by Gasteiger charge is 2.53. The predicted octanol–water partition coefficient (Wildman–Crippen LogP) is 6.66. The second-order valence-electron chi connectivity index (χ2n) is 16.7. The number of nitrogens with one attached hydrogen (secondary N) is 1. The number of phenolic OH excluding ortho intramolecular Hbond substituents is 1. The molecule has 2 saturated heterocycles. The van der Waals surface area contributed by atoms with Gasteiger partial charge in [0.1, 0.15) is 58.5 Å². The van der Waals surface area contributed by atoms with E-state index in [1.165, 1.54) is 57.9 Å². The smallest absolute Gasteiger partial charge is 0.475 e. The maximum absolute atomic E-state index is 15.4. The van der Waals surface area contributed by atoms with Crippen LogP contribution in [0.25, 0.3) is 16.7 Å². The topological polar surface area (TPSA) is 260 Å². The number of rotatable bonds is 21. The van der Waals surface area contributed by atoms with Crippen molar-refractivity contribution in [2.75, 3.05) is 46.0 Å². The van der Waals surface area contributed by atoms with E-state index < -0.39 is 67.0 Å². The van der Waals surface area contributed by atoms with E-state index in [9.17, 15) is 24.8 Å². The van der Waals surface area contributed by atoms with Gasteiger partial charge in [0.05, 0.1) is 58.8 Å². The molecule has 4 aromatic carbocycles. The van der Waals surface area contributed by atoms with Gasteiger partial charge in [-0.3, -0.25) is 27.9 Å². The lowest BCUT2D eigenvalue weighted by atomic mass is 9.80. The van der Waals surface area contributed by atoms with Gasteiger partial charge in [-0.2, -0.15) is 5.26 Å². The van der Waals surface area contributed by atoms with Crippen LogP contribution in [-0.2, 0) is 49.3 Å². The fourth-order valence-corrected chi connectivity index (χ4v) is 12.7. The highest BCUT2D eigenvalue weighted by Crippen LogP contribution is 2.56. The number of hydrogen-bond acceptors (Lipinski definition) is 20. The first kappa shape index (κ1) is 52.3. The van der Waals surface area contributed by atoms with Gasteiger partial charge in [0, 0.05) is 42.3 Å². The Hall–Kier alpha value is -6.55. The predicted molar refractivity (Wildman–Crippen MR) is 270 cm³/mol. The van der Waals surface area contributed by atoms with Crippen molar-refractivity contribution in [1.29, 1.82) is 5.26 Å². The van der Waals surface area contributed by atoms with E-state index in [0.717, 1.165) is 16.2 Å². The number of hydrogen-bond donors (Lipinski definition) is 2. The van der Waals surface area contributed by atoms with E-state index in [2.05, 4.69) is 15.3 Å². The number of aromatic hydroxyl groups is 1. The third-order valence-corrected chi connectivity index (χ3v) is 16.1. The van der Waals surface area contributed by atoms with Crippen molar-refractivity contribution in [2.24, 2.45) is 0 Å². The lowest BCUT2D eigenvalue weighted by molar-refractivity contribution is -0.0979. The van der Waals surface area contributed by atoms with Crippen molar-refractivity contribution >= 4 is 40.4 Å². The van der Waals surface area contributed by atoms with Gasteiger partial charge >= 0.3 is 19.1 Å². The number of benzene rings is 4. The van der Waals surface area contributed by atoms with Crippen molar-refractivity contribution in [3.63, 3.8) is 0 Å². The van der Waals surface area contributed by atoms with Crippen LogP contribution in [0.1, 0.15) is 35.0 Å². The molecule has 21 nitrogen and oxygen atoms in total. The Kier molecular flexibility index (Phi) is 16.5. The Morgan fingerprint density at radius 1 is 0.865 bits per heavy atom. The number of phenols is 1. The Labute approximate surface area is 430 Å². The second kappa shape index (κ2) is 23.3. The molecule has 24 heteroatoms. The summed E-state index contributed by atoms with van der Waals surface area (Å²) >= 11 is 0. The van der Waals surface area contributed by atoms with Crippen LogP contribution in [0.3, 0.4) is 0 Å². The fraction of sp³-hybridized carbons (Fsp3) is 0.320. The number of aromatic amines is 1. The number of fused-ring (bicyclic) bond motifs is 1. The lowest BCUT2D eigenvalue weighted by Gasteiger charge is -2.37. The second-order valence-corrected chi connectivity index (χ2v) is 20.8. The van der Waals surface area contributed by atoms with Crippen LogP contribution < -0.4 is 26.3 Å². The van der Waals surface area contributed by atoms with E-state index in [1.807, 2.05) is 84.9 Å². The molecule has 386 valence electrons. The molecule has 0 aliphatic carbocycles. The molecular formula is C50H49N6O15PS2. The number of phosphoric acid groups is 1. The fourth-order valence-electron chi connectivity index (χ4n) is 8.58. The first-order chi connectivity index (χ1) is 35.9. The third-order valence-electron chi connectivity index (χ3n) is 12.2. The third kappa shape index (κ3) is 11.4. The number of phosphoric ester groups is 1. The number of H-pyrrole nitrogens is 1. The zero-order valence-electron chi connectivity index (χ0n) is 39.9. The van der Waals surface area contributed by atoms with E-state index >= 15 is 4.57 Å². The molecule has 7 atom stereocenters. The van der Waals surface area contributed by atoms with Crippen molar-refractivity contribution in [3.05, 3.63) is 175 Å². The molecular weight excluding hydrogens is 1020 g/mol. The van der Waals surface area contributed by atoms with Crippen molar-refractivity contribution in [2.45, 2.75) is 55.4 Å². The lowest BCUT2D eigenvalue weighted by Crippen LogP contribution is -2.42. The minimum absolute atomic E-state index is 0.0559. The van der Waals surface area contributed by atoms with Crippen LogP contribution in [0, 0.1) is 11.3 Å². The largest absolute Gasteiger partial charge is 0.508 e. The number of nitriles is 1. The maximum atomic E-state index is 15.4. The molecule has 9 rings (SSSR count). The Bertz CT molecular complexity index is 3270. The molecule has 5 heterocycles. The van der Waals surface area contributed by atoms with Gasteiger partial charge in [-0.1, -0.05) is 81.4 Å². The molecule has 0 saturated carbocycles. The number of nitrogens with zero attached hydrogens (tertiary/aromatic N) is 5.